The molecule has 1 aliphatic rings. The number of benzene rings is 1. The Morgan fingerprint density at radius 3 is 2.63 bits per heavy atom. The van der Waals surface area contributed by atoms with E-state index in [1.165, 1.54) is 6.20 Å². The lowest BCUT2D eigenvalue weighted by molar-refractivity contribution is 0.0924. The van der Waals surface area contributed by atoms with Gasteiger partial charge in [-0.25, -0.2) is 4.90 Å². The molecule has 0 aliphatic carbocycles. The Balaban J connectivity index is 2.17. The smallest absolute Gasteiger partial charge is 0.284 e. The largest absolute Gasteiger partial charge is 0.398 e. The molecule has 0 fully saturated rings. The van der Waals surface area contributed by atoms with Crippen molar-refractivity contribution in [2.24, 2.45) is 0 Å². The van der Waals surface area contributed by atoms with Gasteiger partial charge in [0.05, 0.1) is 11.3 Å². The van der Waals surface area contributed by atoms with Gasteiger partial charge in [-0.15, -0.1) is 0 Å². The highest BCUT2D eigenvalue weighted by Crippen LogP contribution is 2.31. The molecule has 5 heteroatoms. The van der Waals surface area contributed by atoms with Crippen LogP contribution in [0.1, 0.15) is 26.4 Å². The number of aromatic nitrogens is 1. The Kier molecular flexibility index (Phi) is 2.35. The molecule has 2 aromatic rings. The third kappa shape index (κ3) is 1.52. The van der Waals surface area contributed by atoms with E-state index in [-0.39, 0.29) is 11.6 Å². The van der Waals surface area contributed by atoms with Crippen LogP contribution >= 0.6 is 0 Å². The summed E-state index contributed by atoms with van der Waals surface area (Å²) in [6, 6.07) is 8.39. The van der Waals surface area contributed by atoms with E-state index in [1.807, 2.05) is 0 Å². The van der Waals surface area contributed by atoms with Crippen molar-refractivity contribution in [3.05, 3.63) is 53.3 Å². The van der Waals surface area contributed by atoms with Crippen LogP contribution in [0.25, 0.3) is 0 Å². The zero-order valence-corrected chi connectivity index (χ0v) is 10.3. The number of amides is 2. The molecule has 0 spiro atoms. The molecule has 2 heterocycles. The van der Waals surface area contributed by atoms with Crippen molar-refractivity contribution >= 4 is 23.2 Å². The van der Waals surface area contributed by atoms with Crippen LogP contribution in [0, 0.1) is 6.92 Å². The highest BCUT2D eigenvalue weighted by molar-refractivity contribution is 6.34. The summed E-state index contributed by atoms with van der Waals surface area (Å²) in [4.78, 5) is 29.7. The fourth-order valence-electron chi connectivity index (χ4n) is 2.17. The summed E-state index contributed by atoms with van der Waals surface area (Å²) in [7, 11) is 0. The molecule has 0 saturated carbocycles. The maximum Gasteiger partial charge on any atom is 0.284 e. The molecule has 0 saturated heterocycles. The van der Waals surface area contributed by atoms with E-state index in [2.05, 4.69) is 4.98 Å². The van der Waals surface area contributed by atoms with Crippen molar-refractivity contribution in [2.75, 3.05) is 10.6 Å². The van der Waals surface area contributed by atoms with Crippen LogP contribution in [-0.4, -0.2) is 16.8 Å². The standard InChI is InChI=1S/C14H11N3O2/c1-8-10(15)5-2-6-11(8)17-13(18)9-4-3-7-16-12(9)14(17)19/h2-7H,15H2,1H3. The van der Waals surface area contributed by atoms with E-state index < -0.39 is 5.91 Å². The van der Waals surface area contributed by atoms with Gasteiger partial charge in [-0.05, 0) is 36.8 Å². The van der Waals surface area contributed by atoms with Gasteiger partial charge >= 0.3 is 0 Å². The van der Waals surface area contributed by atoms with Crippen molar-refractivity contribution in [3.63, 3.8) is 0 Å². The predicted molar refractivity (Wildman–Crippen MR) is 71.0 cm³/mol. The average molecular weight is 253 g/mol. The molecule has 1 aliphatic heterocycles. The zero-order valence-electron chi connectivity index (χ0n) is 10.3. The summed E-state index contributed by atoms with van der Waals surface area (Å²) in [6.07, 6.45) is 1.50. The van der Waals surface area contributed by atoms with Crippen LogP contribution in [0.4, 0.5) is 11.4 Å². The number of rotatable bonds is 1. The van der Waals surface area contributed by atoms with Crippen LogP contribution in [0.3, 0.4) is 0 Å². The second-order valence-electron chi connectivity index (χ2n) is 4.34. The van der Waals surface area contributed by atoms with Gasteiger partial charge in [-0.2, -0.15) is 0 Å². The molecule has 19 heavy (non-hydrogen) atoms. The summed E-state index contributed by atoms with van der Waals surface area (Å²) in [5.41, 5.74) is 8.09. The number of pyridine rings is 1. The molecular formula is C14H11N3O2. The van der Waals surface area contributed by atoms with Crippen LogP contribution in [0.15, 0.2) is 36.5 Å². The number of anilines is 2. The maximum absolute atomic E-state index is 12.3. The van der Waals surface area contributed by atoms with Crippen molar-refractivity contribution < 1.29 is 9.59 Å². The van der Waals surface area contributed by atoms with Gasteiger partial charge in [0, 0.05) is 11.9 Å². The lowest BCUT2D eigenvalue weighted by Crippen LogP contribution is -2.30. The minimum Gasteiger partial charge on any atom is -0.398 e. The van der Waals surface area contributed by atoms with E-state index in [4.69, 9.17) is 5.73 Å². The molecule has 0 bridgehead atoms. The second kappa shape index (κ2) is 3.91. The van der Waals surface area contributed by atoms with Gasteiger partial charge in [0.1, 0.15) is 5.69 Å². The molecule has 2 N–H and O–H groups in total. The van der Waals surface area contributed by atoms with Crippen molar-refractivity contribution in [1.82, 2.24) is 4.98 Å². The summed E-state index contributed by atoms with van der Waals surface area (Å²) >= 11 is 0. The summed E-state index contributed by atoms with van der Waals surface area (Å²) in [5, 5.41) is 0. The molecule has 1 aromatic carbocycles. The van der Waals surface area contributed by atoms with Crippen LogP contribution < -0.4 is 10.6 Å². The minimum atomic E-state index is -0.408. The minimum absolute atomic E-state index is 0.189. The SMILES string of the molecule is Cc1c(N)cccc1N1C(=O)c2cccnc2C1=O. The van der Waals surface area contributed by atoms with Gasteiger partial charge in [-0.1, -0.05) is 6.07 Å². The van der Waals surface area contributed by atoms with Gasteiger partial charge in [0.15, 0.2) is 0 Å². The van der Waals surface area contributed by atoms with Crippen LogP contribution in [0.5, 0.6) is 0 Å². The Bertz CT molecular complexity index is 675. The summed E-state index contributed by atoms with van der Waals surface area (Å²) in [5.74, 6) is -0.767. The highest BCUT2D eigenvalue weighted by atomic mass is 16.2. The second-order valence-corrected chi connectivity index (χ2v) is 4.34. The molecule has 3 rings (SSSR count). The van der Waals surface area contributed by atoms with Crippen LogP contribution in [0.2, 0.25) is 0 Å². The van der Waals surface area contributed by atoms with Gasteiger partial charge in [-0.3, -0.25) is 14.6 Å². The third-order valence-electron chi connectivity index (χ3n) is 3.23. The number of nitrogens with zero attached hydrogens (tertiary/aromatic N) is 2. The summed E-state index contributed by atoms with van der Waals surface area (Å²) < 4.78 is 0. The molecule has 1 aromatic heterocycles. The van der Waals surface area contributed by atoms with E-state index >= 15 is 0 Å². The number of nitrogens with two attached hydrogens (primary N) is 1. The normalized spacial score (nSPS) is 13.8. The molecule has 94 valence electrons. The number of carbonyl (C=O) groups excluding carboxylic acids is 2. The van der Waals surface area contributed by atoms with Gasteiger partial charge < -0.3 is 5.73 Å². The van der Waals surface area contributed by atoms with E-state index in [1.54, 1.807) is 37.3 Å². The molecule has 0 atom stereocenters. The quantitative estimate of drug-likeness (QED) is 0.620. The van der Waals surface area contributed by atoms with Crippen molar-refractivity contribution in [3.8, 4) is 0 Å². The van der Waals surface area contributed by atoms with E-state index in [0.29, 0.717) is 22.5 Å². The Morgan fingerprint density at radius 2 is 1.89 bits per heavy atom. The number of imide groups is 1. The van der Waals surface area contributed by atoms with Gasteiger partial charge in [0.25, 0.3) is 11.8 Å². The van der Waals surface area contributed by atoms with E-state index in [0.717, 1.165) is 4.90 Å². The van der Waals surface area contributed by atoms with Crippen molar-refractivity contribution in [2.45, 2.75) is 6.92 Å². The first kappa shape index (κ1) is 11.4. The fraction of sp³-hybridized carbons (Fsp3) is 0.0714. The van der Waals surface area contributed by atoms with E-state index in [9.17, 15) is 9.59 Å². The lowest BCUT2D eigenvalue weighted by atomic mass is 10.1. The lowest BCUT2D eigenvalue weighted by Gasteiger charge is -2.17. The third-order valence-corrected chi connectivity index (χ3v) is 3.23. The predicted octanol–water partition coefficient (Wildman–Crippen LogP) is 1.77. The number of carbonyl (C=O) groups is 2. The van der Waals surface area contributed by atoms with Crippen molar-refractivity contribution in [1.29, 1.82) is 0 Å². The number of hydrogen-bond donors (Lipinski definition) is 1. The molecular weight excluding hydrogens is 242 g/mol. The monoisotopic (exact) mass is 253 g/mol. The Morgan fingerprint density at radius 1 is 1.11 bits per heavy atom. The first-order valence-corrected chi connectivity index (χ1v) is 5.80. The molecule has 0 unspecified atom stereocenters. The van der Waals surface area contributed by atoms with Crippen LogP contribution in [-0.2, 0) is 0 Å². The first-order valence-electron chi connectivity index (χ1n) is 5.80. The topological polar surface area (TPSA) is 76.3 Å². The molecule has 0 radical (unpaired) electrons. The fourth-order valence-corrected chi connectivity index (χ4v) is 2.17. The maximum atomic E-state index is 12.3. The number of fused-ring (bicyclic) bond motifs is 1. The molecule has 2 amide bonds. The Labute approximate surface area is 109 Å². The Hall–Kier alpha value is -2.69. The first-order chi connectivity index (χ1) is 9.11. The summed E-state index contributed by atoms with van der Waals surface area (Å²) in [6.45, 7) is 1.78. The number of hydrogen-bond acceptors (Lipinski definition) is 4. The zero-order chi connectivity index (χ0) is 13.6. The highest BCUT2D eigenvalue weighted by Gasteiger charge is 2.38. The number of nitrogen functional groups attached to an aromatic ring is 1. The van der Waals surface area contributed by atoms with Gasteiger partial charge in [0.2, 0.25) is 0 Å². The average Bonchev–Trinajstić information content (AvgIpc) is 2.67. The molecule has 5 nitrogen and oxygen atoms in total.